The first-order valence-corrected chi connectivity index (χ1v) is 5.02. The maximum atomic E-state index is 5.54. The van der Waals surface area contributed by atoms with Crippen LogP contribution in [0.1, 0.15) is 6.42 Å². The number of halogens is 2. The molecule has 0 aliphatic rings. The van der Waals surface area contributed by atoms with Crippen LogP contribution in [0.2, 0.25) is 0 Å². The molecule has 0 saturated heterocycles. The maximum Gasteiger partial charge on any atom is 0.167 e. The summed E-state index contributed by atoms with van der Waals surface area (Å²) in [4.78, 5) is 4.17. The third kappa shape index (κ3) is 3.70. The lowest BCUT2D eigenvalue weighted by Crippen LogP contribution is -1.90. The molecule has 0 N–H and O–H groups in total. The van der Waals surface area contributed by atoms with E-state index in [0.29, 0.717) is 0 Å². The maximum absolute atomic E-state index is 5.54. The first kappa shape index (κ1) is 12.1. The minimum Gasteiger partial charge on any atom is -0.329 e. The topological polar surface area (TPSA) is 17.8 Å². The summed E-state index contributed by atoms with van der Waals surface area (Å²) in [6, 6.07) is 0. The van der Waals surface area contributed by atoms with Crippen molar-refractivity contribution in [2.24, 2.45) is 7.05 Å². The number of hydrogen-bond donors (Lipinski definition) is 0. The van der Waals surface area contributed by atoms with E-state index < -0.39 is 0 Å². The van der Waals surface area contributed by atoms with Gasteiger partial charge in [-0.3, -0.25) is 0 Å². The highest BCUT2D eigenvalue weighted by Gasteiger charge is 1.97. The lowest BCUT2D eigenvalue weighted by molar-refractivity contribution is 0.789. The van der Waals surface area contributed by atoms with E-state index in [9.17, 15) is 0 Å². The van der Waals surface area contributed by atoms with E-state index >= 15 is 0 Å². The van der Waals surface area contributed by atoms with Gasteiger partial charge in [-0.15, -0.1) is 24.0 Å². The van der Waals surface area contributed by atoms with Crippen molar-refractivity contribution in [3.63, 3.8) is 0 Å². The van der Waals surface area contributed by atoms with Crippen LogP contribution in [0, 0.1) is 0 Å². The van der Waals surface area contributed by atoms with Gasteiger partial charge in [-0.2, -0.15) is 0 Å². The molecule has 0 aliphatic carbocycles. The fourth-order valence-electron chi connectivity index (χ4n) is 0.709. The summed E-state index contributed by atoms with van der Waals surface area (Å²) in [6.45, 7) is 0. The molecule has 0 radical (unpaired) electrons. The van der Waals surface area contributed by atoms with E-state index in [1.165, 1.54) is 0 Å². The quantitative estimate of drug-likeness (QED) is 0.447. The average Bonchev–Trinajstić information content (AvgIpc) is 2.37. The average molecular weight is 227 g/mol. The third-order valence-electron chi connectivity index (χ3n) is 1.29. The molecule has 12 heavy (non-hydrogen) atoms. The number of alkyl halides is 1. The molecule has 0 saturated carbocycles. The molecular formula is C7H12Cl2N2S. The number of aromatic nitrogens is 2. The summed E-state index contributed by atoms with van der Waals surface area (Å²) in [5.41, 5.74) is 0. The Morgan fingerprint density at radius 2 is 2.42 bits per heavy atom. The van der Waals surface area contributed by atoms with E-state index in [0.717, 1.165) is 23.2 Å². The largest absolute Gasteiger partial charge is 0.329 e. The van der Waals surface area contributed by atoms with Crippen molar-refractivity contribution < 1.29 is 0 Å². The number of thioether (sulfide) groups is 1. The SMILES string of the molecule is Cl.Cn1ccnc1SCCCCl. The van der Waals surface area contributed by atoms with Gasteiger partial charge in [0.25, 0.3) is 0 Å². The number of aryl methyl sites for hydroxylation is 1. The second kappa shape index (κ2) is 6.63. The monoisotopic (exact) mass is 226 g/mol. The van der Waals surface area contributed by atoms with Crippen LogP contribution >= 0.6 is 35.8 Å². The van der Waals surface area contributed by atoms with E-state index in [1.807, 2.05) is 24.0 Å². The zero-order chi connectivity index (χ0) is 8.10. The van der Waals surface area contributed by atoms with Crippen LogP contribution < -0.4 is 0 Å². The van der Waals surface area contributed by atoms with E-state index in [-0.39, 0.29) is 12.4 Å². The van der Waals surface area contributed by atoms with Crippen LogP contribution in [0.15, 0.2) is 17.6 Å². The van der Waals surface area contributed by atoms with Crippen molar-refractivity contribution in [1.82, 2.24) is 9.55 Å². The van der Waals surface area contributed by atoms with E-state index in [4.69, 9.17) is 11.6 Å². The Balaban J connectivity index is 0.00000121. The zero-order valence-corrected chi connectivity index (χ0v) is 9.25. The molecule has 1 rings (SSSR count). The predicted molar refractivity (Wildman–Crippen MR) is 56.5 cm³/mol. The van der Waals surface area contributed by atoms with Crippen molar-refractivity contribution in [1.29, 1.82) is 0 Å². The van der Waals surface area contributed by atoms with Gasteiger partial charge in [0.05, 0.1) is 0 Å². The second-order valence-corrected chi connectivity index (χ2v) is 3.65. The van der Waals surface area contributed by atoms with E-state index in [1.54, 1.807) is 11.8 Å². The summed E-state index contributed by atoms with van der Waals surface area (Å²) >= 11 is 7.29. The Kier molecular flexibility index (Phi) is 6.71. The molecule has 0 fully saturated rings. The number of imidazole rings is 1. The summed E-state index contributed by atoms with van der Waals surface area (Å²) < 4.78 is 2.01. The van der Waals surface area contributed by atoms with Gasteiger partial charge < -0.3 is 4.57 Å². The number of rotatable bonds is 4. The van der Waals surface area contributed by atoms with Crippen LogP contribution in [0.3, 0.4) is 0 Å². The molecule has 0 amide bonds. The number of hydrogen-bond acceptors (Lipinski definition) is 2. The summed E-state index contributed by atoms with van der Waals surface area (Å²) in [6.07, 6.45) is 4.80. The van der Waals surface area contributed by atoms with Gasteiger partial charge in [0.15, 0.2) is 5.16 Å². The Bertz CT molecular complexity index is 215. The number of nitrogens with zero attached hydrogens (tertiary/aromatic N) is 2. The summed E-state index contributed by atoms with van der Waals surface area (Å²) in [5, 5.41) is 1.06. The molecule has 0 atom stereocenters. The molecule has 1 aromatic heterocycles. The Morgan fingerprint density at radius 1 is 1.67 bits per heavy atom. The minimum absolute atomic E-state index is 0. The van der Waals surface area contributed by atoms with Crippen molar-refractivity contribution in [3.8, 4) is 0 Å². The van der Waals surface area contributed by atoms with Crippen molar-refractivity contribution >= 4 is 35.8 Å². The molecule has 1 aromatic rings. The predicted octanol–water partition coefficient (Wildman–Crippen LogP) is 2.56. The van der Waals surface area contributed by atoms with E-state index in [2.05, 4.69) is 4.98 Å². The molecule has 0 unspecified atom stereocenters. The van der Waals surface area contributed by atoms with Gasteiger partial charge in [0.1, 0.15) is 0 Å². The van der Waals surface area contributed by atoms with Crippen LogP contribution in [0.4, 0.5) is 0 Å². The minimum atomic E-state index is 0. The van der Waals surface area contributed by atoms with Crippen LogP contribution in [0.5, 0.6) is 0 Å². The molecular weight excluding hydrogens is 215 g/mol. The van der Waals surface area contributed by atoms with Crippen molar-refractivity contribution in [2.45, 2.75) is 11.6 Å². The molecule has 2 nitrogen and oxygen atoms in total. The molecule has 1 heterocycles. The van der Waals surface area contributed by atoms with Crippen LogP contribution in [-0.2, 0) is 7.05 Å². The summed E-state index contributed by atoms with van der Waals surface area (Å²) in [5.74, 6) is 1.78. The highest BCUT2D eigenvalue weighted by Crippen LogP contribution is 2.15. The highest BCUT2D eigenvalue weighted by molar-refractivity contribution is 7.99. The van der Waals surface area contributed by atoms with Crippen molar-refractivity contribution in [2.75, 3.05) is 11.6 Å². The van der Waals surface area contributed by atoms with Gasteiger partial charge in [-0.05, 0) is 6.42 Å². The van der Waals surface area contributed by atoms with Gasteiger partial charge >= 0.3 is 0 Å². The molecule has 5 heteroatoms. The Hall–Kier alpha value is 0.140. The normalized spacial score (nSPS) is 9.50. The first-order valence-electron chi connectivity index (χ1n) is 3.50. The molecule has 0 spiro atoms. The Morgan fingerprint density at radius 3 is 2.92 bits per heavy atom. The zero-order valence-electron chi connectivity index (χ0n) is 6.86. The van der Waals surface area contributed by atoms with Gasteiger partial charge in [0, 0.05) is 31.1 Å². The fraction of sp³-hybridized carbons (Fsp3) is 0.571. The third-order valence-corrected chi connectivity index (χ3v) is 2.70. The van der Waals surface area contributed by atoms with Gasteiger partial charge in [-0.1, -0.05) is 11.8 Å². The highest BCUT2D eigenvalue weighted by atomic mass is 35.5. The van der Waals surface area contributed by atoms with Crippen molar-refractivity contribution in [3.05, 3.63) is 12.4 Å². The molecule has 0 aromatic carbocycles. The van der Waals surface area contributed by atoms with Gasteiger partial charge in [0.2, 0.25) is 0 Å². The lowest BCUT2D eigenvalue weighted by Gasteiger charge is -1.98. The fourth-order valence-corrected chi connectivity index (χ4v) is 1.87. The second-order valence-electron chi connectivity index (χ2n) is 2.21. The Labute approximate surface area is 88.1 Å². The van der Waals surface area contributed by atoms with Crippen LogP contribution in [-0.4, -0.2) is 21.2 Å². The van der Waals surface area contributed by atoms with Crippen LogP contribution in [0.25, 0.3) is 0 Å². The lowest BCUT2D eigenvalue weighted by atomic mass is 10.6. The first-order chi connectivity index (χ1) is 5.34. The molecule has 0 aliphatic heterocycles. The van der Waals surface area contributed by atoms with Gasteiger partial charge in [-0.25, -0.2) is 4.98 Å². The molecule has 70 valence electrons. The molecule has 0 bridgehead atoms. The standard InChI is InChI=1S/C7H11ClN2S.ClH/c1-10-5-4-9-7(10)11-6-2-3-8;/h4-5H,2-3,6H2,1H3;1H. The smallest absolute Gasteiger partial charge is 0.167 e. The summed E-state index contributed by atoms with van der Waals surface area (Å²) in [7, 11) is 2.00.